The molecule has 0 radical (unpaired) electrons. The normalized spacial score (nSPS) is 11.6. The Morgan fingerprint density at radius 1 is 1.38 bits per heavy atom. The SMILES string of the molecule is CCc1nn(C)c(OC)c1CN=C(NCCSC)NCCc1ccco1. The van der Waals surface area contributed by atoms with Crippen LogP contribution in [-0.4, -0.2) is 47.9 Å². The van der Waals surface area contributed by atoms with Crippen LogP contribution in [-0.2, 0) is 26.4 Å². The predicted molar refractivity (Wildman–Crippen MR) is 107 cm³/mol. The van der Waals surface area contributed by atoms with Gasteiger partial charge in [0.2, 0.25) is 5.88 Å². The number of thioether (sulfide) groups is 1. The second-order valence-electron chi connectivity index (χ2n) is 5.75. The van der Waals surface area contributed by atoms with E-state index in [1.54, 1.807) is 29.8 Å². The standard InChI is InChI=1S/C18H29N5O2S/c1-5-16-15(17(24-3)23(2)22-16)13-21-18(20-10-12-26-4)19-9-8-14-7-6-11-25-14/h6-7,11H,5,8-10,12-13H2,1-4H3,(H2,19,20,21). The minimum absolute atomic E-state index is 0.523. The summed E-state index contributed by atoms with van der Waals surface area (Å²) in [6, 6.07) is 3.88. The molecule has 2 aromatic rings. The molecule has 0 saturated heterocycles. The van der Waals surface area contributed by atoms with E-state index in [9.17, 15) is 0 Å². The van der Waals surface area contributed by atoms with Crippen molar-refractivity contribution in [3.05, 3.63) is 35.4 Å². The fraction of sp³-hybridized carbons (Fsp3) is 0.556. The highest BCUT2D eigenvalue weighted by Gasteiger charge is 2.15. The summed E-state index contributed by atoms with van der Waals surface area (Å²) < 4.78 is 12.6. The quantitative estimate of drug-likeness (QED) is 0.374. The Morgan fingerprint density at radius 3 is 2.85 bits per heavy atom. The summed E-state index contributed by atoms with van der Waals surface area (Å²) in [5, 5.41) is 11.3. The van der Waals surface area contributed by atoms with E-state index in [-0.39, 0.29) is 0 Å². The fourth-order valence-corrected chi connectivity index (χ4v) is 2.97. The zero-order valence-electron chi connectivity index (χ0n) is 16.0. The van der Waals surface area contributed by atoms with Crippen molar-refractivity contribution >= 4 is 17.7 Å². The molecule has 2 aromatic heterocycles. The molecular formula is C18H29N5O2S. The van der Waals surface area contributed by atoms with Crippen LogP contribution >= 0.6 is 11.8 Å². The summed E-state index contributed by atoms with van der Waals surface area (Å²) >= 11 is 1.80. The first-order valence-electron chi connectivity index (χ1n) is 8.81. The maximum atomic E-state index is 5.49. The Morgan fingerprint density at radius 2 is 2.19 bits per heavy atom. The van der Waals surface area contributed by atoms with Gasteiger partial charge >= 0.3 is 0 Å². The predicted octanol–water partition coefficient (Wildman–Crippen LogP) is 2.22. The largest absolute Gasteiger partial charge is 0.481 e. The van der Waals surface area contributed by atoms with E-state index >= 15 is 0 Å². The Bertz CT molecular complexity index is 682. The molecule has 2 heterocycles. The van der Waals surface area contributed by atoms with Gasteiger partial charge in [-0.1, -0.05) is 6.92 Å². The first-order chi connectivity index (χ1) is 12.7. The van der Waals surface area contributed by atoms with E-state index in [0.29, 0.717) is 6.54 Å². The third-order valence-corrected chi connectivity index (χ3v) is 4.55. The molecule has 0 aliphatic carbocycles. The summed E-state index contributed by atoms with van der Waals surface area (Å²) in [7, 11) is 3.56. The van der Waals surface area contributed by atoms with Crippen molar-refractivity contribution in [3.63, 3.8) is 0 Å². The highest BCUT2D eigenvalue weighted by atomic mass is 32.2. The second-order valence-corrected chi connectivity index (χ2v) is 6.74. The van der Waals surface area contributed by atoms with E-state index < -0.39 is 0 Å². The van der Waals surface area contributed by atoms with E-state index in [1.165, 1.54) is 0 Å². The minimum atomic E-state index is 0.523. The first kappa shape index (κ1) is 20.2. The third-order valence-electron chi connectivity index (χ3n) is 3.94. The van der Waals surface area contributed by atoms with Crippen molar-refractivity contribution in [1.82, 2.24) is 20.4 Å². The van der Waals surface area contributed by atoms with Gasteiger partial charge in [0.25, 0.3) is 0 Å². The number of nitrogens with one attached hydrogen (secondary N) is 2. The Balaban J connectivity index is 2.03. The number of hydrogen-bond donors (Lipinski definition) is 2. The van der Waals surface area contributed by atoms with Gasteiger partial charge in [-0.25, -0.2) is 9.67 Å². The van der Waals surface area contributed by atoms with Gasteiger partial charge in [0.15, 0.2) is 5.96 Å². The number of methoxy groups -OCH3 is 1. The molecule has 8 heteroatoms. The van der Waals surface area contributed by atoms with Crippen LogP contribution in [0.4, 0.5) is 0 Å². The average Bonchev–Trinajstić information content (AvgIpc) is 3.26. The number of furan rings is 1. The molecule has 0 bridgehead atoms. The minimum Gasteiger partial charge on any atom is -0.481 e. The van der Waals surface area contributed by atoms with Gasteiger partial charge in [0, 0.05) is 32.3 Å². The van der Waals surface area contributed by atoms with Crippen LogP contribution in [0.25, 0.3) is 0 Å². The molecule has 0 aliphatic heterocycles. The van der Waals surface area contributed by atoms with Gasteiger partial charge in [-0.05, 0) is 24.8 Å². The average molecular weight is 380 g/mol. The van der Waals surface area contributed by atoms with E-state index in [4.69, 9.17) is 14.1 Å². The van der Waals surface area contributed by atoms with Crippen molar-refractivity contribution < 1.29 is 9.15 Å². The van der Waals surface area contributed by atoms with Gasteiger partial charge in [-0.2, -0.15) is 16.9 Å². The number of ether oxygens (including phenoxy) is 1. The summed E-state index contributed by atoms with van der Waals surface area (Å²) in [5.41, 5.74) is 2.06. The van der Waals surface area contributed by atoms with Crippen molar-refractivity contribution in [2.45, 2.75) is 26.3 Å². The molecule has 7 nitrogen and oxygen atoms in total. The molecule has 0 aromatic carbocycles. The second kappa shape index (κ2) is 10.8. The summed E-state index contributed by atoms with van der Waals surface area (Å²) in [5.74, 6) is 3.54. The van der Waals surface area contributed by atoms with E-state index in [0.717, 1.165) is 60.5 Å². The number of hydrogen-bond acceptors (Lipinski definition) is 5. The zero-order valence-corrected chi connectivity index (χ0v) is 16.9. The van der Waals surface area contributed by atoms with Crippen LogP contribution in [0.15, 0.2) is 27.8 Å². The van der Waals surface area contributed by atoms with E-state index in [1.807, 2.05) is 19.2 Å². The smallest absolute Gasteiger partial charge is 0.216 e. The monoisotopic (exact) mass is 379 g/mol. The van der Waals surface area contributed by atoms with Crippen LogP contribution in [0.1, 0.15) is 23.9 Å². The Kier molecular flexibility index (Phi) is 8.40. The van der Waals surface area contributed by atoms with Crippen molar-refractivity contribution in [2.75, 3.05) is 32.2 Å². The van der Waals surface area contributed by atoms with Gasteiger partial charge < -0.3 is 19.8 Å². The van der Waals surface area contributed by atoms with Crippen LogP contribution in [0.2, 0.25) is 0 Å². The lowest BCUT2D eigenvalue weighted by Crippen LogP contribution is -2.39. The molecule has 0 atom stereocenters. The van der Waals surface area contributed by atoms with Crippen LogP contribution in [0.5, 0.6) is 5.88 Å². The zero-order chi connectivity index (χ0) is 18.8. The molecule has 0 saturated carbocycles. The number of aliphatic imine (C=N–C) groups is 1. The molecule has 26 heavy (non-hydrogen) atoms. The van der Waals surface area contributed by atoms with Crippen molar-refractivity contribution in [3.8, 4) is 5.88 Å². The lowest BCUT2D eigenvalue weighted by molar-refractivity contribution is 0.369. The molecule has 144 valence electrons. The lowest BCUT2D eigenvalue weighted by Gasteiger charge is -2.12. The molecule has 2 N–H and O–H groups in total. The highest BCUT2D eigenvalue weighted by Crippen LogP contribution is 2.22. The molecule has 0 aliphatic rings. The number of nitrogens with zero attached hydrogens (tertiary/aromatic N) is 3. The summed E-state index contributed by atoms with van der Waals surface area (Å²) in [6.07, 6.45) is 5.45. The van der Waals surface area contributed by atoms with Crippen LogP contribution < -0.4 is 15.4 Å². The van der Waals surface area contributed by atoms with Crippen molar-refractivity contribution in [2.24, 2.45) is 12.0 Å². The Hall–Kier alpha value is -2.09. The van der Waals surface area contributed by atoms with Gasteiger partial charge in [0.1, 0.15) is 5.76 Å². The van der Waals surface area contributed by atoms with E-state index in [2.05, 4.69) is 28.9 Å². The summed E-state index contributed by atoms with van der Waals surface area (Å²) in [6.45, 7) is 4.23. The van der Waals surface area contributed by atoms with Gasteiger partial charge in [0.05, 0.1) is 31.2 Å². The fourth-order valence-electron chi connectivity index (χ4n) is 2.67. The van der Waals surface area contributed by atoms with Gasteiger partial charge in [-0.15, -0.1) is 0 Å². The third kappa shape index (κ3) is 5.72. The van der Waals surface area contributed by atoms with Gasteiger partial charge in [-0.3, -0.25) is 0 Å². The molecule has 0 amide bonds. The van der Waals surface area contributed by atoms with Crippen LogP contribution in [0, 0.1) is 0 Å². The highest BCUT2D eigenvalue weighted by molar-refractivity contribution is 7.98. The summed E-state index contributed by atoms with van der Waals surface area (Å²) in [4.78, 5) is 4.74. The lowest BCUT2D eigenvalue weighted by atomic mass is 10.2. The number of aryl methyl sites for hydroxylation is 2. The Labute approximate surface area is 159 Å². The number of aromatic nitrogens is 2. The maximum Gasteiger partial charge on any atom is 0.216 e. The van der Waals surface area contributed by atoms with Crippen molar-refractivity contribution in [1.29, 1.82) is 0 Å². The molecule has 2 rings (SSSR count). The number of guanidine groups is 1. The topological polar surface area (TPSA) is 76.6 Å². The first-order valence-corrected chi connectivity index (χ1v) is 10.2. The molecule has 0 unspecified atom stereocenters. The van der Waals surface area contributed by atoms with Crippen LogP contribution in [0.3, 0.4) is 0 Å². The number of rotatable bonds is 10. The molecule has 0 spiro atoms. The molecule has 0 fully saturated rings. The maximum absolute atomic E-state index is 5.49. The molecular weight excluding hydrogens is 350 g/mol.